The minimum atomic E-state index is -4.70. The summed E-state index contributed by atoms with van der Waals surface area (Å²) < 4.78 is 39.7. The van der Waals surface area contributed by atoms with E-state index in [-0.39, 0.29) is 11.5 Å². The number of alkyl halides is 3. The molecule has 0 aliphatic heterocycles. The summed E-state index contributed by atoms with van der Waals surface area (Å²) in [5.74, 6) is 0.119. The Bertz CT molecular complexity index is 431. The highest BCUT2D eigenvalue weighted by molar-refractivity contribution is 5.96. The number of benzene rings is 1. The predicted molar refractivity (Wildman–Crippen MR) is 64.0 cm³/mol. The molecule has 0 atom stereocenters. The van der Waals surface area contributed by atoms with Crippen molar-refractivity contribution < 1.29 is 22.7 Å². The maximum Gasteiger partial charge on any atom is 0.573 e. The van der Waals surface area contributed by atoms with Crippen molar-refractivity contribution in [1.82, 2.24) is 0 Å². The Labute approximate surface area is 109 Å². The molecule has 0 heterocycles. The van der Waals surface area contributed by atoms with Crippen LogP contribution in [0, 0.1) is 5.92 Å². The number of hydrogen-bond donors (Lipinski definition) is 0. The molecule has 104 valence electrons. The third kappa shape index (κ3) is 4.26. The summed E-state index contributed by atoms with van der Waals surface area (Å²) in [6.45, 7) is 0. The molecule has 2 nitrogen and oxygen atoms in total. The molecule has 1 fully saturated rings. The molecule has 1 aromatic carbocycles. The van der Waals surface area contributed by atoms with Crippen LogP contribution in [0.25, 0.3) is 0 Å². The maximum absolute atomic E-state index is 12.0. The normalized spacial score (nSPS) is 16.6. The van der Waals surface area contributed by atoms with Gasteiger partial charge in [-0.05, 0) is 30.2 Å². The number of ketones is 1. The Morgan fingerprint density at radius 3 is 2.26 bits per heavy atom. The molecule has 5 heteroatoms. The zero-order valence-electron chi connectivity index (χ0n) is 10.4. The molecular weight excluding hydrogens is 257 g/mol. The van der Waals surface area contributed by atoms with E-state index in [4.69, 9.17) is 0 Å². The lowest BCUT2D eigenvalue weighted by Crippen LogP contribution is -2.17. The lowest BCUT2D eigenvalue weighted by Gasteiger charge is -2.10. The Hall–Kier alpha value is -1.52. The van der Waals surface area contributed by atoms with Gasteiger partial charge < -0.3 is 4.74 Å². The molecule has 1 saturated carbocycles. The number of carbonyl (C=O) groups excluding carboxylic acids is 1. The first-order valence-electron chi connectivity index (χ1n) is 6.33. The minimum absolute atomic E-state index is 0.00883. The fourth-order valence-corrected chi connectivity index (χ4v) is 2.44. The van der Waals surface area contributed by atoms with E-state index in [9.17, 15) is 18.0 Å². The highest BCUT2D eigenvalue weighted by atomic mass is 19.4. The number of rotatable bonds is 4. The van der Waals surface area contributed by atoms with Gasteiger partial charge in [0.2, 0.25) is 0 Å². The summed E-state index contributed by atoms with van der Waals surface area (Å²) in [5.41, 5.74) is 0.446. The van der Waals surface area contributed by atoms with E-state index in [0.717, 1.165) is 25.7 Å². The summed E-state index contributed by atoms with van der Waals surface area (Å²) in [4.78, 5) is 11.9. The van der Waals surface area contributed by atoms with Gasteiger partial charge in [-0.1, -0.05) is 25.7 Å². The van der Waals surface area contributed by atoms with Crippen molar-refractivity contribution in [2.24, 2.45) is 5.92 Å². The van der Waals surface area contributed by atoms with E-state index in [1.54, 1.807) is 0 Å². The van der Waals surface area contributed by atoms with Gasteiger partial charge in [-0.2, -0.15) is 0 Å². The highest BCUT2D eigenvalue weighted by Gasteiger charge is 2.31. The fraction of sp³-hybridized carbons (Fsp3) is 0.500. The van der Waals surface area contributed by atoms with Crippen molar-refractivity contribution in [3.05, 3.63) is 29.8 Å². The molecule has 2 rings (SSSR count). The van der Waals surface area contributed by atoms with Crippen LogP contribution in [0.4, 0.5) is 13.2 Å². The molecule has 19 heavy (non-hydrogen) atoms. The molecule has 0 bridgehead atoms. The van der Waals surface area contributed by atoms with Crippen molar-refractivity contribution in [2.75, 3.05) is 0 Å². The monoisotopic (exact) mass is 272 g/mol. The molecule has 0 saturated heterocycles. The Kier molecular flexibility index (Phi) is 4.12. The van der Waals surface area contributed by atoms with Crippen LogP contribution >= 0.6 is 0 Å². The predicted octanol–water partition coefficient (Wildman–Crippen LogP) is 4.35. The van der Waals surface area contributed by atoms with Crippen LogP contribution in [0.1, 0.15) is 42.5 Å². The number of halogens is 3. The lowest BCUT2D eigenvalue weighted by molar-refractivity contribution is -0.274. The van der Waals surface area contributed by atoms with Crippen molar-refractivity contribution in [3.63, 3.8) is 0 Å². The largest absolute Gasteiger partial charge is 0.573 e. The highest BCUT2D eigenvalue weighted by Crippen LogP contribution is 2.29. The van der Waals surface area contributed by atoms with Gasteiger partial charge in [-0.3, -0.25) is 4.79 Å². The van der Waals surface area contributed by atoms with E-state index in [0.29, 0.717) is 17.9 Å². The SMILES string of the molecule is O=C(CC1CCCC1)c1ccc(OC(F)(F)F)cc1. The maximum atomic E-state index is 12.0. The molecule has 0 spiro atoms. The molecule has 0 unspecified atom stereocenters. The van der Waals surface area contributed by atoms with Crippen molar-refractivity contribution in [1.29, 1.82) is 0 Å². The zero-order valence-corrected chi connectivity index (χ0v) is 10.4. The quantitative estimate of drug-likeness (QED) is 0.762. The smallest absolute Gasteiger partial charge is 0.406 e. The summed E-state index contributed by atoms with van der Waals surface area (Å²) in [6, 6.07) is 5.13. The average Bonchev–Trinajstić information content (AvgIpc) is 2.80. The van der Waals surface area contributed by atoms with Gasteiger partial charge >= 0.3 is 6.36 Å². The third-order valence-corrected chi connectivity index (χ3v) is 3.36. The topological polar surface area (TPSA) is 26.3 Å². The lowest BCUT2D eigenvalue weighted by atomic mass is 9.97. The van der Waals surface area contributed by atoms with E-state index in [1.165, 1.54) is 24.3 Å². The van der Waals surface area contributed by atoms with E-state index >= 15 is 0 Å². The summed E-state index contributed by atoms with van der Waals surface area (Å²) in [6.07, 6.45) is 0.253. The first-order valence-corrected chi connectivity index (χ1v) is 6.33. The molecule has 1 aliphatic rings. The van der Waals surface area contributed by atoms with Crippen LogP contribution in [0.15, 0.2) is 24.3 Å². The third-order valence-electron chi connectivity index (χ3n) is 3.36. The van der Waals surface area contributed by atoms with Crippen LogP contribution in [0.2, 0.25) is 0 Å². The first-order chi connectivity index (χ1) is 8.94. The van der Waals surface area contributed by atoms with Crippen LogP contribution in [-0.4, -0.2) is 12.1 Å². The molecule has 0 radical (unpaired) electrons. The van der Waals surface area contributed by atoms with Crippen LogP contribution in [-0.2, 0) is 0 Å². The Morgan fingerprint density at radius 2 is 1.74 bits per heavy atom. The molecule has 1 aliphatic carbocycles. The van der Waals surface area contributed by atoms with Gasteiger partial charge in [0.05, 0.1) is 0 Å². The fourth-order valence-electron chi connectivity index (χ4n) is 2.44. The second kappa shape index (κ2) is 5.63. The van der Waals surface area contributed by atoms with Gasteiger partial charge in [0.1, 0.15) is 5.75 Å². The zero-order chi connectivity index (χ0) is 13.9. The standard InChI is InChI=1S/C14H15F3O2/c15-14(16,17)19-12-7-5-11(6-8-12)13(18)9-10-3-1-2-4-10/h5-8,10H,1-4,9H2. The first kappa shape index (κ1) is 13.9. The number of hydrogen-bond acceptors (Lipinski definition) is 2. The minimum Gasteiger partial charge on any atom is -0.406 e. The van der Waals surface area contributed by atoms with Gasteiger partial charge in [0, 0.05) is 12.0 Å². The number of Topliss-reactive ketones (excluding diaryl/α,β-unsaturated/α-hetero) is 1. The Morgan fingerprint density at radius 1 is 1.16 bits per heavy atom. The molecule has 0 N–H and O–H groups in total. The van der Waals surface area contributed by atoms with Crippen molar-refractivity contribution >= 4 is 5.78 Å². The van der Waals surface area contributed by atoms with E-state index in [2.05, 4.69) is 4.74 Å². The van der Waals surface area contributed by atoms with E-state index < -0.39 is 6.36 Å². The molecular formula is C14H15F3O2. The summed E-state index contributed by atoms with van der Waals surface area (Å²) in [5, 5.41) is 0. The second-order valence-electron chi connectivity index (χ2n) is 4.85. The second-order valence-corrected chi connectivity index (χ2v) is 4.85. The van der Waals surface area contributed by atoms with Crippen molar-refractivity contribution in [2.45, 2.75) is 38.5 Å². The van der Waals surface area contributed by atoms with Gasteiger partial charge in [0.25, 0.3) is 0 Å². The van der Waals surface area contributed by atoms with Crippen molar-refractivity contribution in [3.8, 4) is 5.75 Å². The molecule has 0 amide bonds. The van der Waals surface area contributed by atoms with Gasteiger partial charge in [-0.15, -0.1) is 13.2 Å². The van der Waals surface area contributed by atoms with E-state index in [1.807, 2.05) is 0 Å². The average molecular weight is 272 g/mol. The van der Waals surface area contributed by atoms with Crippen LogP contribution < -0.4 is 4.74 Å². The summed E-state index contributed by atoms with van der Waals surface area (Å²) in [7, 11) is 0. The van der Waals surface area contributed by atoms with Crippen LogP contribution in [0.5, 0.6) is 5.75 Å². The van der Waals surface area contributed by atoms with Gasteiger partial charge in [-0.25, -0.2) is 0 Å². The number of ether oxygens (including phenoxy) is 1. The Balaban J connectivity index is 1.95. The number of carbonyl (C=O) groups is 1. The van der Waals surface area contributed by atoms with Gasteiger partial charge in [0.15, 0.2) is 5.78 Å². The summed E-state index contributed by atoms with van der Waals surface area (Å²) >= 11 is 0. The molecule has 1 aromatic rings. The van der Waals surface area contributed by atoms with Crippen LogP contribution in [0.3, 0.4) is 0 Å². The molecule has 0 aromatic heterocycles.